The van der Waals surface area contributed by atoms with Crippen LogP contribution < -0.4 is 5.32 Å². The summed E-state index contributed by atoms with van der Waals surface area (Å²) in [4.78, 5) is 53.3. The van der Waals surface area contributed by atoms with Gasteiger partial charge in [0.15, 0.2) is 5.78 Å². The quantitative estimate of drug-likeness (QED) is 0.391. The maximum absolute atomic E-state index is 13.2. The number of nitrogens with one attached hydrogen (secondary N) is 1. The van der Waals surface area contributed by atoms with Gasteiger partial charge in [-0.2, -0.15) is 0 Å². The number of esters is 1. The zero-order valence-corrected chi connectivity index (χ0v) is 21.3. The number of ketones is 1. The molecule has 2 atom stereocenters. The first-order chi connectivity index (χ1) is 18.5. The lowest BCUT2D eigenvalue weighted by atomic mass is 9.98. The number of amides is 2. The van der Waals surface area contributed by atoms with E-state index in [0.29, 0.717) is 31.4 Å². The highest BCUT2D eigenvalue weighted by Gasteiger charge is 2.35. The van der Waals surface area contributed by atoms with Crippen molar-refractivity contribution >= 4 is 23.6 Å². The number of carbonyl (C=O) groups is 4. The van der Waals surface area contributed by atoms with Crippen LogP contribution in [0.3, 0.4) is 0 Å². The number of nitrogens with zero attached hydrogens (tertiary/aromatic N) is 1. The average Bonchev–Trinajstić information content (AvgIpc) is 3.46. The van der Waals surface area contributed by atoms with Gasteiger partial charge in [0.05, 0.1) is 6.04 Å². The number of hydrogen-bond acceptors (Lipinski definition) is 5. The van der Waals surface area contributed by atoms with Crippen LogP contribution in [0.15, 0.2) is 91.0 Å². The number of rotatable bonds is 11. The van der Waals surface area contributed by atoms with Gasteiger partial charge < -0.3 is 15.0 Å². The molecule has 1 saturated heterocycles. The standard InChI is InChI=1S/C31H32N2O5/c34-28(26(21-23-11-4-1-5-12-23)32-30(36)25-15-8-3-9-16-25)18-19-29(35)33-20-10-17-27(33)31(37)38-22-24-13-6-2-7-14-24/h1-9,11-16,26-27H,10,17-22H2,(H,32,36)/t26?,27-/m0/s1. The maximum atomic E-state index is 13.2. The first-order valence-corrected chi connectivity index (χ1v) is 12.9. The molecule has 1 heterocycles. The van der Waals surface area contributed by atoms with Crippen LogP contribution in [0, 0.1) is 0 Å². The van der Waals surface area contributed by atoms with E-state index in [2.05, 4.69) is 5.32 Å². The maximum Gasteiger partial charge on any atom is 0.329 e. The van der Waals surface area contributed by atoms with Gasteiger partial charge in [0.1, 0.15) is 12.6 Å². The molecule has 38 heavy (non-hydrogen) atoms. The van der Waals surface area contributed by atoms with E-state index in [-0.39, 0.29) is 37.0 Å². The van der Waals surface area contributed by atoms with Crippen LogP contribution in [0.5, 0.6) is 0 Å². The van der Waals surface area contributed by atoms with E-state index in [4.69, 9.17) is 4.74 Å². The normalized spacial score (nSPS) is 15.5. The highest BCUT2D eigenvalue weighted by molar-refractivity contribution is 5.98. The van der Waals surface area contributed by atoms with Crippen LogP contribution in [0.25, 0.3) is 0 Å². The first-order valence-electron chi connectivity index (χ1n) is 12.9. The fraction of sp³-hybridized carbons (Fsp3) is 0.290. The van der Waals surface area contributed by atoms with E-state index >= 15 is 0 Å². The Morgan fingerprint density at radius 3 is 2.08 bits per heavy atom. The summed E-state index contributed by atoms with van der Waals surface area (Å²) in [5, 5.41) is 2.85. The minimum atomic E-state index is -0.775. The van der Waals surface area contributed by atoms with Crippen molar-refractivity contribution in [2.24, 2.45) is 0 Å². The molecule has 1 aliphatic rings. The SMILES string of the molecule is O=C(NC(Cc1ccccc1)C(=O)CCC(=O)N1CCC[C@H]1C(=O)OCc1ccccc1)c1ccccc1. The van der Waals surface area contributed by atoms with E-state index in [1.54, 1.807) is 24.3 Å². The number of benzene rings is 3. The number of carbonyl (C=O) groups excluding carboxylic acids is 4. The molecule has 1 aliphatic heterocycles. The second kappa shape index (κ2) is 13.3. The molecular weight excluding hydrogens is 480 g/mol. The minimum absolute atomic E-state index is 0.0339. The summed E-state index contributed by atoms with van der Waals surface area (Å²) in [6.07, 6.45) is 1.50. The molecule has 4 rings (SSSR count). The summed E-state index contributed by atoms with van der Waals surface area (Å²) >= 11 is 0. The molecule has 7 nitrogen and oxygen atoms in total. The van der Waals surface area contributed by atoms with Crippen LogP contribution in [-0.2, 0) is 32.1 Å². The Bertz CT molecular complexity index is 1230. The number of hydrogen-bond donors (Lipinski definition) is 1. The molecule has 7 heteroatoms. The van der Waals surface area contributed by atoms with E-state index < -0.39 is 18.1 Å². The number of ether oxygens (including phenoxy) is 1. The summed E-state index contributed by atoms with van der Waals surface area (Å²) in [5.41, 5.74) is 2.25. The summed E-state index contributed by atoms with van der Waals surface area (Å²) in [6.45, 7) is 0.606. The second-order valence-corrected chi connectivity index (χ2v) is 9.39. The van der Waals surface area contributed by atoms with Crippen molar-refractivity contribution in [2.45, 2.75) is 50.8 Å². The fourth-order valence-electron chi connectivity index (χ4n) is 4.61. The monoisotopic (exact) mass is 512 g/mol. The average molecular weight is 513 g/mol. The molecule has 3 aromatic rings. The van der Waals surface area contributed by atoms with E-state index in [1.807, 2.05) is 66.7 Å². The number of Topliss-reactive ketones (excluding diaryl/α,β-unsaturated/α-hetero) is 1. The molecule has 1 N–H and O–H groups in total. The van der Waals surface area contributed by atoms with E-state index in [1.165, 1.54) is 4.90 Å². The zero-order chi connectivity index (χ0) is 26.7. The molecule has 196 valence electrons. The Labute approximate surface area is 222 Å². The topological polar surface area (TPSA) is 92.8 Å². The van der Waals surface area contributed by atoms with Gasteiger partial charge in [-0.15, -0.1) is 0 Å². The molecule has 0 aliphatic carbocycles. The lowest BCUT2D eigenvalue weighted by Gasteiger charge is -2.24. The summed E-state index contributed by atoms with van der Waals surface area (Å²) in [6, 6.07) is 26.1. The number of likely N-dealkylation sites (tertiary alicyclic amines) is 1. The van der Waals surface area contributed by atoms with Crippen LogP contribution in [-0.4, -0.2) is 47.1 Å². The molecule has 0 bridgehead atoms. The molecule has 0 spiro atoms. The van der Waals surface area contributed by atoms with Gasteiger partial charge in [-0.25, -0.2) is 4.79 Å². The zero-order valence-electron chi connectivity index (χ0n) is 21.3. The first kappa shape index (κ1) is 26.8. The summed E-state index contributed by atoms with van der Waals surface area (Å²) in [7, 11) is 0. The Kier molecular flexibility index (Phi) is 9.40. The molecular formula is C31H32N2O5. The van der Waals surface area contributed by atoms with Crippen molar-refractivity contribution < 1.29 is 23.9 Å². The van der Waals surface area contributed by atoms with Crippen molar-refractivity contribution in [1.82, 2.24) is 10.2 Å². The molecule has 0 aromatic heterocycles. The minimum Gasteiger partial charge on any atom is -0.459 e. The largest absolute Gasteiger partial charge is 0.459 e. The molecule has 0 radical (unpaired) electrons. The lowest BCUT2D eigenvalue weighted by Crippen LogP contribution is -2.44. The molecule has 0 saturated carbocycles. The fourth-order valence-corrected chi connectivity index (χ4v) is 4.61. The van der Waals surface area contributed by atoms with Crippen LogP contribution in [0.2, 0.25) is 0 Å². The van der Waals surface area contributed by atoms with Gasteiger partial charge in [0.2, 0.25) is 5.91 Å². The van der Waals surface area contributed by atoms with Gasteiger partial charge in [0, 0.05) is 24.9 Å². The van der Waals surface area contributed by atoms with Crippen molar-refractivity contribution in [3.63, 3.8) is 0 Å². The summed E-state index contributed by atoms with van der Waals surface area (Å²) < 4.78 is 5.46. The molecule has 3 aromatic carbocycles. The Balaban J connectivity index is 1.35. The second-order valence-electron chi connectivity index (χ2n) is 9.39. The third-order valence-electron chi connectivity index (χ3n) is 6.67. The van der Waals surface area contributed by atoms with E-state index in [9.17, 15) is 19.2 Å². The molecule has 2 amide bonds. The van der Waals surface area contributed by atoms with Crippen LogP contribution in [0.4, 0.5) is 0 Å². The lowest BCUT2D eigenvalue weighted by molar-refractivity contribution is -0.154. The van der Waals surface area contributed by atoms with Gasteiger partial charge in [-0.3, -0.25) is 14.4 Å². The van der Waals surface area contributed by atoms with E-state index in [0.717, 1.165) is 11.1 Å². The highest BCUT2D eigenvalue weighted by Crippen LogP contribution is 2.21. The van der Waals surface area contributed by atoms with Gasteiger partial charge in [-0.05, 0) is 42.5 Å². The van der Waals surface area contributed by atoms with Gasteiger partial charge >= 0.3 is 5.97 Å². The Hall–Kier alpha value is -4.26. The predicted octanol–water partition coefficient (Wildman–Crippen LogP) is 4.11. The Morgan fingerprint density at radius 2 is 1.42 bits per heavy atom. The van der Waals surface area contributed by atoms with Gasteiger partial charge in [0.25, 0.3) is 5.91 Å². The molecule has 1 unspecified atom stereocenters. The highest BCUT2D eigenvalue weighted by atomic mass is 16.5. The third-order valence-corrected chi connectivity index (χ3v) is 6.67. The van der Waals surface area contributed by atoms with Crippen molar-refractivity contribution in [3.05, 3.63) is 108 Å². The predicted molar refractivity (Wildman–Crippen MR) is 143 cm³/mol. The van der Waals surface area contributed by atoms with Crippen LogP contribution >= 0.6 is 0 Å². The smallest absolute Gasteiger partial charge is 0.329 e. The molecule has 1 fully saturated rings. The summed E-state index contributed by atoms with van der Waals surface area (Å²) in [5.74, 6) is -1.26. The van der Waals surface area contributed by atoms with Crippen molar-refractivity contribution in [1.29, 1.82) is 0 Å². The van der Waals surface area contributed by atoms with Crippen LogP contribution in [0.1, 0.15) is 47.2 Å². The van der Waals surface area contributed by atoms with Crippen molar-refractivity contribution in [2.75, 3.05) is 6.54 Å². The van der Waals surface area contributed by atoms with Gasteiger partial charge in [-0.1, -0.05) is 78.9 Å². The van der Waals surface area contributed by atoms with Crippen molar-refractivity contribution in [3.8, 4) is 0 Å². The Morgan fingerprint density at radius 1 is 0.816 bits per heavy atom. The third kappa shape index (κ3) is 7.38.